The average molecular weight is 243 g/mol. The number of nitrogens with zero attached hydrogens (tertiary/aromatic N) is 2. The highest BCUT2D eigenvalue weighted by molar-refractivity contribution is 6.29. The highest BCUT2D eigenvalue weighted by Crippen LogP contribution is 2.01. The largest absolute Gasteiger partial charge is 0.355 e. The first-order valence-corrected chi connectivity index (χ1v) is 5.03. The quantitative estimate of drug-likeness (QED) is 0.778. The number of rotatable bonds is 4. The fourth-order valence-corrected chi connectivity index (χ4v) is 1.11. The van der Waals surface area contributed by atoms with Gasteiger partial charge in [-0.1, -0.05) is 11.6 Å². The third-order valence-corrected chi connectivity index (χ3v) is 1.80. The maximum atomic E-state index is 11.5. The maximum absolute atomic E-state index is 11.5. The standard InChI is InChI=1S/C9H11ClN4O2/c1-2-12-8(15)5-13-9(16)6-3-11-4-7(10)14-6/h3-4H,2,5H2,1H3,(H,12,15)(H,13,16). The molecule has 0 atom stereocenters. The third-order valence-electron chi connectivity index (χ3n) is 1.62. The Balaban J connectivity index is 2.50. The van der Waals surface area contributed by atoms with E-state index in [1.807, 2.05) is 0 Å². The number of hydrogen-bond donors (Lipinski definition) is 2. The molecule has 1 aromatic rings. The number of carbonyl (C=O) groups is 2. The summed E-state index contributed by atoms with van der Waals surface area (Å²) in [6, 6.07) is 0. The lowest BCUT2D eigenvalue weighted by Crippen LogP contribution is -2.37. The molecule has 0 aliphatic rings. The summed E-state index contributed by atoms with van der Waals surface area (Å²) in [5, 5.41) is 5.08. The fraction of sp³-hybridized carbons (Fsp3) is 0.333. The van der Waals surface area contributed by atoms with Crippen LogP contribution in [0.15, 0.2) is 12.4 Å². The van der Waals surface area contributed by atoms with Crippen molar-refractivity contribution in [1.82, 2.24) is 20.6 Å². The van der Waals surface area contributed by atoms with Crippen molar-refractivity contribution in [3.8, 4) is 0 Å². The van der Waals surface area contributed by atoms with Crippen LogP contribution in [-0.4, -0.2) is 34.9 Å². The lowest BCUT2D eigenvalue weighted by molar-refractivity contribution is -0.120. The molecule has 7 heteroatoms. The summed E-state index contributed by atoms with van der Waals surface area (Å²) in [5.74, 6) is -0.743. The Morgan fingerprint density at radius 2 is 2.12 bits per heavy atom. The van der Waals surface area contributed by atoms with Crippen molar-refractivity contribution in [3.05, 3.63) is 23.2 Å². The van der Waals surface area contributed by atoms with Gasteiger partial charge in [-0.25, -0.2) is 4.98 Å². The van der Waals surface area contributed by atoms with Crippen LogP contribution >= 0.6 is 11.6 Å². The van der Waals surface area contributed by atoms with Crippen molar-refractivity contribution in [1.29, 1.82) is 0 Å². The van der Waals surface area contributed by atoms with Gasteiger partial charge in [0, 0.05) is 6.54 Å². The van der Waals surface area contributed by atoms with E-state index in [0.29, 0.717) is 6.54 Å². The van der Waals surface area contributed by atoms with Gasteiger partial charge in [0.05, 0.1) is 18.9 Å². The van der Waals surface area contributed by atoms with Crippen LogP contribution in [0.1, 0.15) is 17.4 Å². The number of aromatic nitrogens is 2. The third kappa shape index (κ3) is 3.82. The van der Waals surface area contributed by atoms with Crippen molar-refractivity contribution in [2.75, 3.05) is 13.1 Å². The van der Waals surface area contributed by atoms with Crippen LogP contribution in [0.3, 0.4) is 0 Å². The van der Waals surface area contributed by atoms with Gasteiger partial charge in [0.25, 0.3) is 5.91 Å². The van der Waals surface area contributed by atoms with E-state index in [-0.39, 0.29) is 23.3 Å². The summed E-state index contributed by atoms with van der Waals surface area (Å²) in [6.45, 7) is 2.22. The van der Waals surface area contributed by atoms with Gasteiger partial charge in [0.15, 0.2) is 0 Å². The summed E-state index contributed by atoms with van der Waals surface area (Å²) < 4.78 is 0. The number of hydrogen-bond acceptors (Lipinski definition) is 4. The Morgan fingerprint density at radius 3 is 2.75 bits per heavy atom. The van der Waals surface area contributed by atoms with Crippen molar-refractivity contribution >= 4 is 23.4 Å². The molecular formula is C9H11ClN4O2. The van der Waals surface area contributed by atoms with Crippen molar-refractivity contribution < 1.29 is 9.59 Å². The van der Waals surface area contributed by atoms with Crippen LogP contribution in [0.25, 0.3) is 0 Å². The fourth-order valence-electron chi connectivity index (χ4n) is 0.962. The molecule has 6 nitrogen and oxygen atoms in total. The molecule has 16 heavy (non-hydrogen) atoms. The van der Waals surface area contributed by atoms with Gasteiger partial charge >= 0.3 is 0 Å². The summed E-state index contributed by atoms with van der Waals surface area (Å²) >= 11 is 5.57. The molecule has 0 unspecified atom stereocenters. The summed E-state index contributed by atoms with van der Waals surface area (Å²) in [4.78, 5) is 30.0. The van der Waals surface area contributed by atoms with E-state index in [1.54, 1.807) is 6.92 Å². The van der Waals surface area contributed by atoms with E-state index in [0.717, 1.165) is 0 Å². The van der Waals surface area contributed by atoms with Crippen LogP contribution in [0.4, 0.5) is 0 Å². The van der Waals surface area contributed by atoms with Gasteiger partial charge in [0.2, 0.25) is 5.91 Å². The van der Waals surface area contributed by atoms with Crippen molar-refractivity contribution in [2.24, 2.45) is 0 Å². The SMILES string of the molecule is CCNC(=O)CNC(=O)c1cncc(Cl)n1. The first-order chi connectivity index (χ1) is 7.63. The van der Waals surface area contributed by atoms with Crippen LogP contribution in [-0.2, 0) is 4.79 Å². The van der Waals surface area contributed by atoms with Gasteiger partial charge in [-0.15, -0.1) is 0 Å². The van der Waals surface area contributed by atoms with Crippen molar-refractivity contribution in [3.63, 3.8) is 0 Å². The Morgan fingerprint density at radius 1 is 1.38 bits per heavy atom. The summed E-state index contributed by atoms with van der Waals surface area (Å²) in [7, 11) is 0. The van der Waals surface area contributed by atoms with Crippen LogP contribution in [0.5, 0.6) is 0 Å². The molecule has 1 aromatic heterocycles. The number of nitrogens with one attached hydrogen (secondary N) is 2. The molecule has 2 amide bonds. The van der Waals surface area contributed by atoms with Crippen LogP contribution < -0.4 is 10.6 Å². The lowest BCUT2D eigenvalue weighted by atomic mass is 10.4. The molecule has 0 radical (unpaired) electrons. The van der Waals surface area contributed by atoms with E-state index < -0.39 is 5.91 Å². The number of likely N-dealkylation sites (N-methyl/N-ethyl adjacent to an activating group) is 1. The maximum Gasteiger partial charge on any atom is 0.271 e. The Bertz CT molecular complexity index is 397. The highest BCUT2D eigenvalue weighted by atomic mass is 35.5. The molecule has 86 valence electrons. The highest BCUT2D eigenvalue weighted by Gasteiger charge is 2.09. The van der Waals surface area contributed by atoms with Crippen molar-refractivity contribution in [2.45, 2.75) is 6.92 Å². The Kier molecular flexibility index (Phi) is 4.65. The minimum absolute atomic E-state index is 0.0804. The van der Waals surface area contributed by atoms with E-state index in [4.69, 9.17) is 11.6 Å². The van der Waals surface area contributed by atoms with E-state index >= 15 is 0 Å². The Labute approximate surface area is 97.4 Å². The average Bonchev–Trinajstić information content (AvgIpc) is 2.26. The Hall–Kier alpha value is -1.69. The van der Waals surface area contributed by atoms with Gasteiger partial charge in [-0.3, -0.25) is 14.6 Å². The van der Waals surface area contributed by atoms with Crippen LogP contribution in [0.2, 0.25) is 5.15 Å². The second-order valence-corrected chi connectivity index (χ2v) is 3.25. The molecule has 1 heterocycles. The predicted octanol–water partition coefficient (Wildman–Crippen LogP) is -0.00410. The molecule has 1 rings (SSSR count). The van der Waals surface area contributed by atoms with Gasteiger partial charge in [-0.2, -0.15) is 0 Å². The van der Waals surface area contributed by atoms with Crippen LogP contribution in [0, 0.1) is 0 Å². The first kappa shape index (κ1) is 12.4. The summed E-state index contributed by atoms with van der Waals surface area (Å²) in [6.07, 6.45) is 2.60. The smallest absolute Gasteiger partial charge is 0.271 e. The summed E-state index contributed by atoms with van der Waals surface area (Å²) in [5.41, 5.74) is 0.0804. The van der Waals surface area contributed by atoms with Gasteiger partial charge in [-0.05, 0) is 6.92 Å². The van der Waals surface area contributed by atoms with E-state index in [2.05, 4.69) is 20.6 Å². The normalized spacial score (nSPS) is 9.62. The molecule has 0 bridgehead atoms. The second-order valence-electron chi connectivity index (χ2n) is 2.86. The monoisotopic (exact) mass is 242 g/mol. The second kappa shape index (κ2) is 6.02. The van der Waals surface area contributed by atoms with E-state index in [1.165, 1.54) is 12.4 Å². The molecule has 2 N–H and O–H groups in total. The number of amides is 2. The number of carbonyl (C=O) groups excluding carboxylic acids is 2. The molecule has 0 saturated carbocycles. The number of halogens is 1. The molecule has 0 saturated heterocycles. The zero-order chi connectivity index (χ0) is 12.0. The minimum atomic E-state index is -0.485. The van der Waals surface area contributed by atoms with E-state index in [9.17, 15) is 9.59 Å². The van der Waals surface area contributed by atoms with Gasteiger partial charge in [0.1, 0.15) is 10.8 Å². The zero-order valence-corrected chi connectivity index (χ0v) is 9.41. The minimum Gasteiger partial charge on any atom is -0.355 e. The molecular weight excluding hydrogens is 232 g/mol. The molecule has 0 fully saturated rings. The van der Waals surface area contributed by atoms with Gasteiger partial charge < -0.3 is 10.6 Å². The topological polar surface area (TPSA) is 84.0 Å². The molecule has 0 aromatic carbocycles. The molecule has 0 aliphatic carbocycles. The zero-order valence-electron chi connectivity index (χ0n) is 8.66. The first-order valence-electron chi connectivity index (χ1n) is 4.66. The molecule has 0 spiro atoms. The molecule has 0 aliphatic heterocycles. The predicted molar refractivity (Wildman–Crippen MR) is 58.1 cm³/mol. The lowest BCUT2D eigenvalue weighted by Gasteiger charge is -2.04.